The molecule has 0 amide bonds. The van der Waals surface area contributed by atoms with Crippen molar-refractivity contribution in [3.05, 3.63) is 29.8 Å². The molecule has 106 valence electrons. The molecule has 0 saturated carbocycles. The topological polar surface area (TPSA) is 47.6 Å². The summed E-state index contributed by atoms with van der Waals surface area (Å²) in [5.41, 5.74) is 1.09. The average molecular weight is 265 g/mol. The second-order valence-electron chi connectivity index (χ2n) is 4.37. The first kappa shape index (κ1) is 15.5. The van der Waals surface area contributed by atoms with Crippen LogP contribution in [0, 0.1) is 0 Å². The first-order valence-corrected chi connectivity index (χ1v) is 6.73. The van der Waals surface area contributed by atoms with Crippen molar-refractivity contribution in [1.29, 1.82) is 0 Å². The summed E-state index contributed by atoms with van der Waals surface area (Å²) in [5, 5.41) is 3.22. The summed E-state index contributed by atoms with van der Waals surface area (Å²) in [4.78, 5) is 11.6. The zero-order chi connectivity index (χ0) is 14.3. The van der Waals surface area contributed by atoms with Crippen LogP contribution in [0.4, 0.5) is 0 Å². The summed E-state index contributed by atoms with van der Waals surface area (Å²) in [6, 6.07) is 7.60. The normalized spacial score (nSPS) is 13.7. The van der Waals surface area contributed by atoms with Crippen LogP contribution in [0.15, 0.2) is 24.3 Å². The number of carbonyl (C=O) groups is 1. The summed E-state index contributed by atoms with van der Waals surface area (Å²) in [6.07, 6.45) is 0. The van der Waals surface area contributed by atoms with Crippen molar-refractivity contribution in [1.82, 2.24) is 5.32 Å². The summed E-state index contributed by atoms with van der Waals surface area (Å²) in [5.74, 6) is 0.618. The van der Waals surface area contributed by atoms with E-state index in [1.54, 1.807) is 13.8 Å². The number of hydrogen-bond donors (Lipinski definition) is 1. The number of esters is 1. The second kappa shape index (κ2) is 7.79. The molecule has 4 heteroatoms. The van der Waals surface area contributed by atoms with Crippen LogP contribution in [-0.2, 0) is 9.53 Å². The molecule has 2 atom stereocenters. The van der Waals surface area contributed by atoms with Gasteiger partial charge in [-0.05, 0) is 45.4 Å². The number of rotatable bonds is 7. The fourth-order valence-electron chi connectivity index (χ4n) is 1.85. The van der Waals surface area contributed by atoms with Crippen LogP contribution in [0.25, 0.3) is 0 Å². The van der Waals surface area contributed by atoms with E-state index in [9.17, 15) is 4.79 Å². The minimum absolute atomic E-state index is 0.0554. The maximum Gasteiger partial charge on any atom is 0.322 e. The molecule has 1 rings (SSSR count). The van der Waals surface area contributed by atoms with Crippen molar-refractivity contribution in [2.45, 2.75) is 39.8 Å². The Morgan fingerprint density at radius 1 is 1.26 bits per heavy atom. The Hall–Kier alpha value is -1.55. The lowest BCUT2D eigenvalue weighted by atomic mass is 10.1. The fourth-order valence-corrected chi connectivity index (χ4v) is 1.85. The molecule has 0 aliphatic heterocycles. The van der Waals surface area contributed by atoms with Gasteiger partial charge in [0.1, 0.15) is 11.8 Å². The van der Waals surface area contributed by atoms with Crippen LogP contribution >= 0.6 is 0 Å². The van der Waals surface area contributed by atoms with Gasteiger partial charge in [-0.3, -0.25) is 10.1 Å². The lowest BCUT2D eigenvalue weighted by molar-refractivity contribution is -0.145. The summed E-state index contributed by atoms with van der Waals surface area (Å²) in [7, 11) is 0. The fraction of sp³-hybridized carbons (Fsp3) is 0.533. The van der Waals surface area contributed by atoms with E-state index in [1.807, 2.05) is 38.1 Å². The van der Waals surface area contributed by atoms with Crippen LogP contribution in [0.2, 0.25) is 0 Å². The molecule has 0 aliphatic carbocycles. The molecule has 1 N–H and O–H groups in total. The Labute approximate surface area is 115 Å². The predicted octanol–water partition coefficient (Wildman–Crippen LogP) is 2.69. The van der Waals surface area contributed by atoms with Gasteiger partial charge in [0.2, 0.25) is 0 Å². The Morgan fingerprint density at radius 3 is 2.63 bits per heavy atom. The van der Waals surface area contributed by atoms with Crippen molar-refractivity contribution in [2.24, 2.45) is 0 Å². The zero-order valence-electron chi connectivity index (χ0n) is 12.1. The van der Waals surface area contributed by atoms with E-state index in [0.29, 0.717) is 13.2 Å². The highest BCUT2D eigenvalue weighted by molar-refractivity contribution is 5.75. The minimum atomic E-state index is -0.328. The Kier molecular flexibility index (Phi) is 6.36. The predicted molar refractivity (Wildman–Crippen MR) is 75.3 cm³/mol. The van der Waals surface area contributed by atoms with Gasteiger partial charge < -0.3 is 9.47 Å². The lowest BCUT2D eigenvalue weighted by Gasteiger charge is -2.19. The number of carbonyl (C=O) groups excluding carboxylic acids is 1. The highest BCUT2D eigenvalue weighted by Crippen LogP contribution is 2.19. The minimum Gasteiger partial charge on any atom is -0.494 e. The molecule has 0 bridgehead atoms. The standard InChI is InChI=1S/C15H23NO3/c1-5-18-14-9-7-8-13(10-14)11(3)16-12(4)15(17)19-6-2/h7-12,16H,5-6H2,1-4H3. The second-order valence-corrected chi connectivity index (χ2v) is 4.37. The third kappa shape index (κ3) is 4.91. The number of ether oxygens (including phenoxy) is 2. The molecule has 0 spiro atoms. The highest BCUT2D eigenvalue weighted by atomic mass is 16.5. The van der Waals surface area contributed by atoms with Crippen molar-refractivity contribution in [2.75, 3.05) is 13.2 Å². The Bertz CT molecular complexity index is 406. The number of nitrogens with one attached hydrogen (secondary N) is 1. The lowest BCUT2D eigenvalue weighted by Crippen LogP contribution is -2.37. The molecule has 0 fully saturated rings. The van der Waals surface area contributed by atoms with Gasteiger partial charge in [0.15, 0.2) is 0 Å². The smallest absolute Gasteiger partial charge is 0.322 e. The molecular formula is C15H23NO3. The van der Waals surface area contributed by atoms with Gasteiger partial charge in [0.05, 0.1) is 13.2 Å². The van der Waals surface area contributed by atoms with Crippen molar-refractivity contribution < 1.29 is 14.3 Å². The van der Waals surface area contributed by atoms with Gasteiger partial charge in [-0.1, -0.05) is 12.1 Å². The van der Waals surface area contributed by atoms with E-state index in [1.165, 1.54) is 0 Å². The Balaban J connectivity index is 2.64. The summed E-state index contributed by atoms with van der Waals surface area (Å²) < 4.78 is 10.4. The molecule has 0 saturated heterocycles. The van der Waals surface area contributed by atoms with E-state index in [0.717, 1.165) is 11.3 Å². The number of benzene rings is 1. The van der Waals surface area contributed by atoms with Crippen molar-refractivity contribution in [3.63, 3.8) is 0 Å². The van der Waals surface area contributed by atoms with E-state index < -0.39 is 0 Å². The quantitative estimate of drug-likeness (QED) is 0.770. The summed E-state index contributed by atoms with van der Waals surface area (Å²) in [6.45, 7) is 8.63. The van der Waals surface area contributed by atoms with E-state index in [4.69, 9.17) is 9.47 Å². The molecular weight excluding hydrogens is 242 g/mol. The maximum absolute atomic E-state index is 11.6. The third-order valence-corrected chi connectivity index (χ3v) is 2.81. The van der Waals surface area contributed by atoms with E-state index in [2.05, 4.69) is 5.32 Å². The molecule has 0 radical (unpaired) electrons. The molecule has 1 aromatic rings. The molecule has 19 heavy (non-hydrogen) atoms. The first-order chi connectivity index (χ1) is 9.08. The van der Waals surface area contributed by atoms with Crippen molar-refractivity contribution >= 4 is 5.97 Å². The van der Waals surface area contributed by atoms with Gasteiger partial charge in [-0.25, -0.2) is 0 Å². The van der Waals surface area contributed by atoms with Crippen LogP contribution in [0.3, 0.4) is 0 Å². The van der Waals surface area contributed by atoms with E-state index in [-0.39, 0.29) is 18.1 Å². The highest BCUT2D eigenvalue weighted by Gasteiger charge is 2.17. The largest absolute Gasteiger partial charge is 0.494 e. The molecule has 1 aromatic carbocycles. The van der Waals surface area contributed by atoms with Crippen LogP contribution in [-0.4, -0.2) is 25.2 Å². The van der Waals surface area contributed by atoms with E-state index >= 15 is 0 Å². The van der Waals surface area contributed by atoms with Gasteiger partial charge in [-0.2, -0.15) is 0 Å². The zero-order valence-corrected chi connectivity index (χ0v) is 12.1. The molecule has 0 aromatic heterocycles. The van der Waals surface area contributed by atoms with Gasteiger partial charge >= 0.3 is 5.97 Å². The summed E-state index contributed by atoms with van der Waals surface area (Å²) >= 11 is 0. The average Bonchev–Trinajstić information content (AvgIpc) is 2.39. The molecule has 2 unspecified atom stereocenters. The first-order valence-electron chi connectivity index (χ1n) is 6.73. The SMILES string of the molecule is CCOC(=O)C(C)NC(C)c1cccc(OCC)c1. The Morgan fingerprint density at radius 2 is 2.00 bits per heavy atom. The van der Waals surface area contributed by atoms with Gasteiger partial charge in [0.25, 0.3) is 0 Å². The van der Waals surface area contributed by atoms with Crippen LogP contribution < -0.4 is 10.1 Å². The van der Waals surface area contributed by atoms with Crippen LogP contribution in [0.5, 0.6) is 5.75 Å². The molecule has 0 aliphatic rings. The van der Waals surface area contributed by atoms with Crippen LogP contribution in [0.1, 0.15) is 39.3 Å². The third-order valence-electron chi connectivity index (χ3n) is 2.81. The van der Waals surface area contributed by atoms with Gasteiger partial charge in [-0.15, -0.1) is 0 Å². The molecule has 0 heterocycles. The maximum atomic E-state index is 11.6. The van der Waals surface area contributed by atoms with Crippen molar-refractivity contribution in [3.8, 4) is 5.75 Å². The van der Waals surface area contributed by atoms with Gasteiger partial charge in [0, 0.05) is 6.04 Å². The monoisotopic (exact) mass is 265 g/mol. The number of hydrogen-bond acceptors (Lipinski definition) is 4. The molecule has 4 nitrogen and oxygen atoms in total.